The van der Waals surface area contributed by atoms with E-state index >= 15 is 0 Å². The highest BCUT2D eigenvalue weighted by Gasteiger charge is 2.07. The fourth-order valence-electron chi connectivity index (χ4n) is 1.23. The summed E-state index contributed by atoms with van der Waals surface area (Å²) in [6, 6.07) is 6.10. The molecule has 0 bridgehead atoms. The van der Waals surface area contributed by atoms with Gasteiger partial charge < -0.3 is 4.74 Å². The monoisotopic (exact) mass is 216 g/mol. The zero-order valence-electron chi connectivity index (χ0n) is 8.24. The number of nitro benzene ring substituents is 1. The van der Waals surface area contributed by atoms with Crippen LogP contribution in [-0.2, 0) is 4.74 Å². The van der Waals surface area contributed by atoms with Gasteiger partial charge in [-0.3, -0.25) is 15.1 Å². The smallest absolute Gasteiger partial charge is 0.269 e. The molecule has 5 heteroatoms. The number of nitrogens with zero attached hydrogens (tertiary/aromatic N) is 2. The van der Waals surface area contributed by atoms with Crippen molar-refractivity contribution in [2.24, 2.45) is 4.99 Å². The molecule has 1 aromatic carbocycles. The molecule has 0 saturated heterocycles. The van der Waals surface area contributed by atoms with Crippen molar-refractivity contribution in [2.75, 3.05) is 0 Å². The van der Waals surface area contributed by atoms with E-state index < -0.39 is 4.92 Å². The molecule has 0 saturated carbocycles. The van der Waals surface area contributed by atoms with Crippen LogP contribution < -0.4 is 0 Å². The van der Waals surface area contributed by atoms with Crippen LogP contribution in [-0.4, -0.2) is 11.1 Å². The minimum absolute atomic E-state index is 0.0528. The maximum atomic E-state index is 10.5. The quantitative estimate of drug-likeness (QED) is 0.563. The van der Waals surface area contributed by atoms with Gasteiger partial charge in [-0.2, -0.15) is 0 Å². The lowest BCUT2D eigenvalue weighted by Gasteiger charge is -2.03. The summed E-state index contributed by atoms with van der Waals surface area (Å²) >= 11 is 0. The second-order valence-corrected chi connectivity index (χ2v) is 3.04. The first kappa shape index (κ1) is 10.1. The van der Waals surface area contributed by atoms with E-state index in [2.05, 4.69) is 4.99 Å². The minimum Gasteiger partial charge on any atom is -0.463 e. The molecule has 16 heavy (non-hydrogen) atoms. The normalized spacial score (nSPS) is 13.9. The van der Waals surface area contributed by atoms with Crippen molar-refractivity contribution in [1.82, 2.24) is 0 Å². The van der Waals surface area contributed by atoms with Crippen LogP contribution in [0.5, 0.6) is 0 Å². The minimum atomic E-state index is -0.440. The van der Waals surface area contributed by atoms with E-state index in [1.54, 1.807) is 30.6 Å². The van der Waals surface area contributed by atoms with Crippen LogP contribution in [0.2, 0.25) is 0 Å². The van der Waals surface area contributed by atoms with E-state index in [0.29, 0.717) is 5.76 Å². The molecule has 0 spiro atoms. The molecular formula is C11H8N2O3. The summed E-state index contributed by atoms with van der Waals surface area (Å²) in [5.74, 6) is 0.555. The molecule has 0 N–H and O–H groups in total. The first-order valence-electron chi connectivity index (χ1n) is 4.57. The molecule has 1 heterocycles. The number of rotatable bonds is 2. The third kappa shape index (κ3) is 2.14. The van der Waals surface area contributed by atoms with Crippen molar-refractivity contribution in [3.8, 4) is 0 Å². The Morgan fingerprint density at radius 1 is 1.25 bits per heavy atom. The number of aliphatic imine (C=N–C) groups is 1. The maximum absolute atomic E-state index is 10.5. The van der Waals surface area contributed by atoms with Crippen molar-refractivity contribution in [2.45, 2.75) is 0 Å². The highest BCUT2D eigenvalue weighted by atomic mass is 16.6. The van der Waals surface area contributed by atoms with E-state index in [1.807, 2.05) is 0 Å². The lowest BCUT2D eigenvalue weighted by Crippen LogP contribution is -1.89. The zero-order chi connectivity index (χ0) is 11.4. The van der Waals surface area contributed by atoms with Gasteiger partial charge in [0.05, 0.1) is 17.4 Å². The van der Waals surface area contributed by atoms with Gasteiger partial charge in [0.1, 0.15) is 0 Å². The molecule has 0 aromatic heterocycles. The number of non-ortho nitro benzene ring substituents is 1. The molecule has 0 amide bonds. The Morgan fingerprint density at radius 2 is 2.00 bits per heavy atom. The van der Waals surface area contributed by atoms with Gasteiger partial charge in [-0.15, -0.1) is 0 Å². The predicted octanol–water partition coefficient (Wildman–Crippen LogP) is 2.51. The van der Waals surface area contributed by atoms with Crippen LogP contribution in [0.25, 0.3) is 5.76 Å². The number of hydrogen-bond acceptors (Lipinski definition) is 4. The number of ether oxygens (including phenoxy) is 1. The molecular weight excluding hydrogens is 208 g/mol. The topological polar surface area (TPSA) is 64.7 Å². The molecule has 1 aromatic rings. The van der Waals surface area contributed by atoms with Crippen molar-refractivity contribution in [1.29, 1.82) is 0 Å². The maximum Gasteiger partial charge on any atom is 0.269 e. The molecule has 5 nitrogen and oxygen atoms in total. The van der Waals surface area contributed by atoms with E-state index in [0.717, 1.165) is 5.56 Å². The lowest BCUT2D eigenvalue weighted by molar-refractivity contribution is -0.384. The Morgan fingerprint density at radius 3 is 2.69 bits per heavy atom. The lowest BCUT2D eigenvalue weighted by atomic mass is 10.2. The summed E-state index contributed by atoms with van der Waals surface area (Å²) in [6.45, 7) is 0. The van der Waals surface area contributed by atoms with Gasteiger partial charge in [-0.1, -0.05) is 0 Å². The number of allylic oxidation sites excluding steroid dienone is 1. The van der Waals surface area contributed by atoms with Gasteiger partial charge in [0.15, 0.2) is 5.76 Å². The number of benzene rings is 1. The van der Waals surface area contributed by atoms with Crippen molar-refractivity contribution >= 4 is 17.7 Å². The standard InChI is InChI=1S/C11H8N2O3/c14-13(15)10-4-2-9(3-5-10)11-8-12-6-1-7-16-11/h1-8H. The van der Waals surface area contributed by atoms with Crippen LogP contribution >= 0.6 is 0 Å². The van der Waals surface area contributed by atoms with Crippen LogP contribution in [0.3, 0.4) is 0 Å². The summed E-state index contributed by atoms with van der Waals surface area (Å²) in [7, 11) is 0. The summed E-state index contributed by atoms with van der Waals surface area (Å²) < 4.78 is 5.28. The van der Waals surface area contributed by atoms with Crippen LogP contribution in [0.15, 0.2) is 47.8 Å². The Balaban J connectivity index is 2.28. The SMILES string of the molecule is O=[N+]([O-])c1ccc(C2=CN=CC=CO2)cc1. The first-order valence-corrected chi connectivity index (χ1v) is 4.57. The Kier molecular flexibility index (Phi) is 2.77. The summed E-state index contributed by atoms with van der Waals surface area (Å²) in [6.07, 6.45) is 6.32. The highest BCUT2D eigenvalue weighted by molar-refractivity contribution is 5.74. The van der Waals surface area contributed by atoms with Crippen LogP contribution in [0, 0.1) is 10.1 Å². The van der Waals surface area contributed by atoms with Gasteiger partial charge in [0, 0.05) is 23.9 Å². The van der Waals surface area contributed by atoms with Crippen molar-refractivity contribution < 1.29 is 9.66 Å². The number of nitro groups is 1. The largest absolute Gasteiger partial charge is 0.463 e. The first-order chi connectivity index (χ1) is 7.77. The average Bonchev–Trinajstić information content (AvgIpc) is 2.57. The van der Waals surface area contributed by atoms with Crippen molar-refractivity contribution in [3.05, 3.63) is 58.5 Å². The third-order valence-corrected chi connectivity index (χ3v) is 2.00. The molecule has 0 aliphatic carbocycles. The van der Waals surface area contributed by atoms with Gasteiger partial charge in [0.25, 0.3) is 5.69 Å². The average molecular weight is 216 g/mol. The zero-order valence-corrected chi connectivity index (χ0v) is 8.24. The van der Waals surface area contributed by atoms with Crippen LogP contribution in [0.1, 0.15) is 5.56 Å². The van der Waals surface area contributed by atoms with E-state index in [4.69, 9.17) is 4.74 Å². The summed E-state index contributed by atoms with van der Waals surface area (Å²) in [5.41, 5.74) is 0.798. The van der Waals surface area contributed by atoms with E-state index in [9.17, 15) is 10.1 Å². The molecule has 0 fully saturated rings. The summed E-state index contributed by atoms with van der Waals surface area (Å²) in [4.78, 5) is 14.0. The Labute approximate surface area is 91.5 Å². The second kappa shape index (κ2) is 4.39. The molecule has 0 radical (unpaired) electrons. The molecule has 0 unspecified atom stereocenters. The van der Waals surface area contributed by atoms with Crippen LogP contribution in [0.4, 0.5) is 5.69 Å². The van der Waals surface area contributed by atoms with E-state index in [-0.39, 0.29) is 5.69 Å². The molecule has 2 rings (SSSR count). The number of hydrogen-bond donors (Lipinski definition) is 0. The predicted molar refractivity (Wildman–Crippen MR) is 59.8 cm³/mol. The molecule has 1 aliphatic heterocycles. The van der Waals surface area contributed by atoms with E-state index in [1.165, 1.54) is 18.4 Å². The van der Waals surface area contributed by atoms with Crippen molar-refractivity contribution in [3.63, 3.8) is 0 Å². The second-order valence-electron chi connectivity index (χ2n) is 3.04. The Hall–Kier alpha value is -2.43. The van der Waals surface area contributed by atoms with Gasteiger partial charge in [-0.25, -0.2) is 0 Å². The Bertz CT molecular complexity index is 486. The van der Waals surface area contributed by atoms with Gasteiger partial charge >= 0.3 is 0 Å². The fourth-order valence-corrected chi connectivity index (χ4v) is 1.23. The third-order valence-electron chi connectivity index (χ3n) is 2.00. The molecule has 1 aliphatic rings. The summed E-state index contributed by atoms with van der Waals surface area (Å²) in [5, 5.41) is 10.5. The molecule has 0 atom stereocenters. The fraction of sp³-hybridized carbons (Fsp3) is 0. The molecule has 80 valence electrons. The van der Waals surface area contributed by atoms with Gasteiger partial charge in [-0.05, 0) is 18.2 Å². The van der Waals surface area contributed by atoms with Gasteiger partial charge in [0.2, 0.25) is 0 Å². The highest BCUT2D eigenvalue weighted by Crippen LogP contribution is 2.20.